The lowest BCUT2D eigenvalue weighted by Crippen LogP contribution is -2.26. The summed E-state index contributed by atoms with van der Waals surface area (Å²) in [7, 11) is -3.13. The van der Waals surface area contributed by atoms with Crippen molar-refractivity contribution in [3.8, 4) is 0 Å². The molecule has 0 aromatic carbocycles. The summed E-state index contributed by atoms with van der Waals surface area (Å²) in [6.07, 6.45) is -1.54. The van der Waals surface area contributed by atoms with Gasteiger partial charge < -0.3 is 0 Å². The number of alkyl halides is 3. The lowest BCUT2D eigenvalue weighted by molar-refractivity contribution is -0.141. The summed E-state index contributed by atoms with van der Waals surface area (Å²) in [5.41, 5.74) is -0.110. The quantitative estimate of drug-likeness (QED) is 0.801. The van der Waals surface area contributed by atoms with Gasteiger partial charge in [-0.3, -0.25) is 0 Å². The molecule has 3 heterocycles. The van der Waals surface area contributed by atoms with Gasteiger partial charge in [0.15, 0.2) is 9.84 Å². The molecule has 1 saturated heterocycles. The summed E-state index contributed by atoms with van der Waals surface area (Å²) in [4.78, 5) is 3.62. The zero-order valence-corrected chi connectivity index (χ0v) is 11.2. The molecule has 2 unspecified atom stereocenters. The third kappa shape index (κ3) is 2.13. The van der Waals surface area contributed by atoms with Gasteiger partial charge in [0.2, 0.25) is 0 Å². The summed E-state index contributed by atoms with van der Waals surface area (Å²) in [6.45, 7) is 0. The van der Waals surface area contributed by atoms with Crippen molar-refractivity contribution in [2.45, 2.75) is 35.9 Å². The summed E-state index contributed by atoms with van der Waals surface area (Å²) < 4.78 is 61.8. The van der Waals surface area contributed by atoms with Crippen LogP contribution in [0.15, 0.2) is 24.3 Å². The number of sulfone groups is 1. The van der Waals surface area contributed by atoms with Gasteiger partial charge in [-0.05, 0) is 37.0 Å². The number of hydrogen-bond donors (Lipinski definition) is 0. The fraction of sp³-hybridized carbons (Fsp3) is 0.462. The third-order valence-corrected chi connectivity index (χ3v) is 6.41. The zero-order valence-electron chi connectivity index (χ0n) is 10.4. The number of halogens is 3. The van der Waals surface area contributed by atoms with Crippen molar-refractivity contribution in [1.29, 1.82) is 0 Å². The van der Waals surface area contributed by atoms with Gasteiger partial charge >= 0.3 is 6.18 Å². The Balaban J connectivity index is 2.00. The Morgan fingerprint density at radius 3 is 2.60 bits per heavy atom. The van der Waals surface area contributed by atoms with Crippen molar-refractivity contribution in [2.24, 2.45) is 0 Å². The van der Waals surface area contributed by atoms with E-state index in [1.165, 1.54) is 12.1 Å². The molecule has 2 bridgehead atoms. The van der Waals surface area contributed by atoms with Crippen LogP contribution in [0.1, 0.15) is 30.7 Å². The number of aromatic nitrogens is 1. The molecule has 7 heteroatoms. The van der Waals surface area contributed by atoms with Crippen LogP contribution in [0, 0.1) is 0 Å². The highest BCUT2D eigenvalue weighted by molar-refractivity contribution is 7.93. The largest absolute Gasteiger partial charge is 0.433 e. The highest BCUT2D eigenvalue weighted by Gasteiger charge is 2.43. The van der Waals surface area contributed by atoms with Crippen molar-refractivity contribution >= 4 is 15.4 Å². The number of fused-ring (bicyclic) bond motifs is 2. The van der Waals surface area contributed by atoms with Crippen LogP contribution in [0.25, 0.3) is 5.57 Å². The fourth-order valence-corrected chi connectivity index (χ4v) is 5.01. The van der Waals surface area contributed by atoms with Crippen molar-refractivity contribution in [1.82, 2.24) is 4.98 Å². The second-order valence-electron chi connectivity index (χ2n) is 5.13. The van der Waals surface area contributed by atoms with Crippen LogP contribution in [0.3, 0.4) is 0 Å². The first-order valence-electron chi connectivity index (χ1n) is 6.26. The molecule has 3 nitrogen and oxygen atoms in total. The second-order valence-corrected chi connectivity index (χ2v) is 7.58. The molecule has 20 heavy (non-hydrogen) atoms. The summed E-state index contributed by atoms with van der Waals surface area (Å²) >= 11 is 0. The van der Waals surface area contributed by atoms with E-state index in [9.17, 15) is 21.6 Å². The molecular weight excluding hydrogens is 291 g/mol. The minimum absolute atomic E-state index is 0.228. The molecule has 2 aliphatic rings. The van der Waals surface area contributed by atoms with Crippen LogP contribution in [0.2, 0.25) is 0 Å². The van der Waals surface area contributed by atoms with Gasteiger partial charge in [-0.15, -0.1) is 0 Å². The van der Waals surface area contributed by atoms with E-state index in [2.05, 4.69) is 4.98 Å². The van der Waals surface area contributed by atoms with E-state index in [4.69, 9.17) is 0 Å². The van der Waals surface area contributed by atoms with E-state index >= 15 is 0 Å². The molecule has 1 aromatic rings. The molecule has 3 rings (SSSR count). The molecule has 1 aromatic heterocycles. The predicted octanol–water partition coefficient (Wildman–Crippen LogP) is 2.83. The second kappa shape index (κ2) is 4.31. The van der Waals surface area contributed by atoms with Crippen LogP contribution in [0.5, 0.6) is 0 Å². The number of nitrogens with zero attached hydrogens (tertiary/aromatic N) is 1. The first-order chi connectivity index (χ1) is 9.28. The molecule has 1 fully saturated rings. The molecule has 0 amide bonds. The Bertz CT molecular complexity index is 679. The molecular formula is C13H12F3NO2S. The Morgan fingerprint density at radius 1 is 1.20 bits per heavy atom. The van der Waals surface area contributed by atoms with Crippen LogP contribution in [-0.4, -0.2) is 23.9 Å². The SMILES string of the molecule is O=S1(=O)C2C=C(c3cccc(C(F)(F)F)n3)CC1CC2. The Kier molecular flexibility index (Phi) is 2.93. The molecule has 0 radical (unpaired) electrons. The summed E-state index contributed by atoms with van der Waals surface area (Å²) in [5.74, 6) is 0. The van der Waals surface area contributed by atoms with Crippen molar-refractivity contribution < 1.29 is 21.6 Å². The van der Waals surface area contributed by atoms with Crippen LogP contribution in [0.4, 0.5) is 13.2 Å². The van der Waals surface area contributed by atoms with Crippen molar-refractivity contribution in [3.05, 3.63) is 35.7 Å². The van der Waals surface area contributed by atoms with Gasteiger partial charge in [-0.1, -0.05) is 12.1 Å². The van der Waals surface area contributed by atoms with Crippen molar-refractivity contribution in [2.75, 3.05) is 0 Å². The average molecular weight is 303 g/mol. The van der Waals surface area contributed by atoms with E-state index < -0.39 is 32.2 Å². The van der Waals surface area contributed by atoms with Crippen molar-refractivity contribution in [3.63, 3.8) is 0 Å². The first-order valence-corrected chi connectivity index (χ1v) is 7.87. The Morgan fingerprint density at radius 2 is 1.95 bits per heavy atom. The van der Waals surface area contributed by atoms with E-state index in [1.807, 2.05) is 0 Å². The van der Waals surface area contributed by atoms with E-state index in [-0.39, 0.29) is 12.1 Å². The number of allylic oxidation sites excluding steroid dienone is 1. The smallest absolute Gasteiger partial charge is 0.244 e. The number of hydrogen-bond acceptors (Lipinski definition) is 3. The van der Waals surface area contributed by atoms with Gasteiger partial charge in [0.25, 0.3) is 0 Å². The monoisotopic (exact) mass is 303 g/mol. The number of rotatable bonds is 1. The molecule has 0 N–H and O–H groups in total. The standard InChI is InChI=1S/C13H12F3NO2S/c14-13(15,16)12-3-1-2-11(17-12)8-6-9-4-5-10(7-8)20(9,18)19/h1-3,6,9-10H,4-5,7H2. The normalized spacial score (nSPS) is 28.2. The van der Waals surface area contributed by atoms with Gasteiger partial charge in [0.05, 0.1) is 16.2 Å². The maximum absolute atomic E-state index is 12.6. The highest BCUT2D eigenvalue weighted by Crippen LogP contribution is 2.40. The Hall–Kier alpha value is -1.37. The lowest BCUT2D eigenvalue weighted by atomic mass is 10.1. The van der Waals surface area contributed by atoms with Crippen LogP contribution < -0.4 is 0 Å². The zero-order chi connectivity index (χ0) is 14.5. The van der Waals surface area contributed by atoms with E-state index in [1.54, 1.807) is 6.08 Å². The minimum atomic E-state index is -4.49. The average Bonchev–Trinajstić information content (AvgIpc) is 2.57. The van der Waals surface area contributed by atoms with Gasteiger partial charge in [0.1, 0.15) is 5.69 Å². The minimum Gasteiger partial charge on any atom is -0.244 e. The van der Waals surface area contributed by atoms with E-state index in [0.717, 1.165) is 6.07 Å². The fourth-order valence-electron chi connectivity index (χ4n) is 2.82. The van der Waals surface area contributed by atoms with Crippen LogP contribution in [-0.2, 0) is 16.0 Å². The predicted molar refractivity (Wildman–Crippen MR) is 67.6 cm³/mol. The molecule has 108 valence electrons. The molecule has 0 spiro atoms. The lowest BCUT2D eigenvalue weighted by Gasteiger charge is -2.20. The molecule has 2 atom stereocenters. The Labute approximate surface area is 114 Å². The van der Waals surface area contributed by atoms with Gasteiger partial charge in [-0.2, -0.15) is 13.2 Å². The first kappa shape index (κ1) is 13.6. The van der Waals surface area contributed by atoms with Gasteiger partial charge in [0, 0.05) is 0 Å². The maximum atomic E-state index is 12.6. The molecule has 0 saturated carbocycles. The maximum Gasteiger partial charge on any atom is 0.433 e. The molecule has 0 aliphatic carbocycles. The summed E-state index contributed by atoms with van der Waals surface area (Å²) in [6, 6.07) is 3.72. The van der Waals surface area contributed by atoms with Gasteiger partial charge in [-0.25, -0.2) is 13.4 Å². The summed E-state index contributed by atoms with van der Waals surface area (Å²) in [5, 5.41) is -1.03. The number of pyridine rings is 1. The third-order valence-electron chi connectivity index (χ3n) is 3.86. The molecule has 2 aliphatic heterocycles. The topological polar surface area (TPSA) is 47.0 Å². The van der Waals surface area contributed by atoms with E-state index in [0.29, 0.717) is 18.4 Å². The van der Waals surface area contributed by atoms with Crippen LogP contribution >= 0.6 is 0 Å². The highest BCUT2D eigenvalue weighted by atomic mass is 32.2.